The number of rotatable bonds is 6. The van der Waals surface area contributed by atoms with E-state index in [0.29, 0.717) is 12.2 Å². The van der Waals surface area contributed by atoms with Crippen molar-refractivity contribution in [3.8, 4) is 0 Å². The molecule has 0 spiro atoms. The number of H-pyrrole nitrogens is 1. The van der Waals surface area contributed by atoms with Crippen LogP contribution in [0.4, 0.5) is 4.79 Å². The molecule has 0 aliphatic rings. The van der Waals surface area contributed by atoms with Gasteiger partial charge in [-0.2, -0.15) is 0 Å². The first-order valence-electron chi connectivity index (χ1n) is 6.19. The number of aromatic nitrogens is 3. The molecule has 21 heavy (non-hydrogen) atoms. The van der Waals surface area contributed by atoms with E-state index in [9.17, 15) is 9.59 Å². The highest BCUT2D eigenvalue weighted by atomic mass is 32.1. The van der Waals surface area contributed by atoms with Crippen LogP contribution in [0.3, 0.4) is 0 Å². The molecule has 0 fully saturated rings. The number of aliphatic carboxylic acids is 1. The topological polar surface area (TPSA) is 120 Å². The van der Waals surface area contributed by atoms with E-state index in [4.69, 9.17) is 5.11 Å². The van der Waals surface area contributed by atoms with Crippen molar-refractivity contribution in [2.75, 3.05) is 0 Å². The SMILES string of the molecule is Cc1ncsc1CNC(=O)NC(Cc1cnc[nH]1)C(=O)O. The van der Waals surface area contributed by atoms with Gasteiger partial charge >= 0.3 is 12.0 Å². The number of imidazole rings is 1. The summed E-state index contributed by atoms with van der Waals surface area (Å²) in [6.45, 7) is 2.17. The van der Waals surface area contributed by atoms with Gasteiger partial charge in [-0.3, -0.25) is 0 Å². The van der Waals surface area contributed by atoms with Crippen LogP contribution in [0.5, 0.6) is 0 Å². The molecule has 112 valence electrons. The van der Waals surface area contributed by atoms with Crippen LogP contribution >= 0.6 is 11.3 Å². The van der Waals surface area contributed by atoms with Crippen LogP contribution in [0.2, 0.25) is 0 Å². The summed E-state index contributed by atoms with van der Waals surface area (Å²) in [6, 6.07) is -1.55. The number of nitrogens with zero attached hydrogens (tertiary/aromatic N) is 2. The molecular weight excluding hydrogens is 294 g/mol. The van der Waals surface area contributed by atoms with Gasteiger partial charge in [-0.05, 0) is 6.92 Å². The highest BCUT2D eigenvalue weighted by Gasteiger charge is 2.21. The van der Waals surface area contributed by atoms with Crippen molar-refractivity contribution in [2.24, 2.45) is 0 Å². The van der Waals surface area contributed by atoms with Crippen molar-refractivity contribution in [3.05, 3.63) is 34.3 Å². The highest BCUT2D eigenvalue weighted by Crippen LogP contribution is 2.11. The molecule has 2 rings (SSSR count). The fraction of sp³-hybridized carbons (Fsp3) is 0.333. The van der Waals surface area contributed by atoms with Gasteiger partial charge in [-0.15, -0.1) is 11.3 Å². The molecule has 2 heterocycles. The Balaban J connectivity index is 1.86. The smallest absolute Gasteiger partial charge is 0.326 e. The van der Waals surface area contributed by atoms with E-state index in [0.717, 1.165) is 10.6 Å². The summed E-state index contributed by atoms with van der Waals surface area (Å²) in [7, 11) is 0. The van der Waals surface area contributed by atoms with Crippen LogP contribution in [0, 0.1) is 6.92 Å². The van der Waals surface area contributed by atoms with Crippen LogP contribution in [-0.2, 0) is 17.8 Å². The lowest BCUT2D eigenvalue weighted by molar-refractivity contribution is -0.139. The second-order valence-corrected chi connectivity index (χ2v) is 5.30. The van der Waals surface area contributed by atoms with Crippen molar-refractivity contribution in [2.45, 2.75) is 25.9 Å². The number of carbonyl (C=O) groups is 2. The van der Waals surface area contributed by atoms with Crippen molar-refractivity contribution < 1.29 is 14.7 Å². The monoisotopic (exact) mass is 309 g/mol. The Morgan fingerprint density at radius 1 is 1.52 bits per heavy atom. The van der Waals surface area contributed by atoms with Gasteiger partial charge in [0.15, 0.2) is 0 Å². The third kappa shape index (κ3) is 4.28. The molecule has 4 N–H and O–H groups in total. The Bertz CT molecular complexity index is 610. The number of carbonyl (C=O) groups excluding carboxylic acids is 1. The zero-order valence-corrected chi connectivity index (χ0v) is 12.1. The van der Waals surface area contributed by atoms with E-state index in [2.05, 4.69) is 25.6 Å². The summed E-state index contributed by atoms with van der Waals surface area (Å²) in [4.78, 5) is 34.6. The molecule has 0 saturated carbocycles. The average molecular weight is 309 g/mol. The van der Waals surface area contributed by atoms with Crippen molar-refractivity contribution >= 4 is 23.3 Å². The molecule has 1 atom stereocenters. The van der Waals surface area contributed by atoms with Crippen LogP contribution in [0.1, 0.15) is 16.3 Å². The maximum Gasteiger partial charge on any atom is 0.326 e. The summed E-state index contributed by atoms with van der Waals surface area (Å²) < 4.78 is 0. The molecule has 2 aromatic heterocycles. The van der Waals surface area contributed by atoms with Crippen molar-refractivity contribution in [1.29, 1.82) is 0 Å². The van der Waals surface area contributed by atoms with Crippen LogP contribution in [-0.4, -0.2) is 38.1 Å². The Morgan fingerprint density at radius 2 is 2.33 bits per heavy atom. The van der Waals surface area contributed by atoms with E-state index in [1.807, 2.05) is 6.92 Å². The maximum absolute atomic E-state index is 11.8. The molecule has 1 unspecified atom stereocenters. The van der Waals surface area contributed by atoms with Crippen molar-refractivity contribution in [1.82, 2.24) is 25.6 Å². The first-order valence-corrected chi connectivity index (χ1v) is 7.07. The van der Waals surface area contributed by atoms with Crippen molar-refractivity contribution in [3.63, 3.8) is 0 Å². The molecule has 0 aromatic carbocycles. The number of carboxylic acid groups (broad SMARTS) is 1. The number of hydrogen-bond donors (Lipinski definition) is 4. The number of thiazole rings is 1. The van der Waals surface area contributed by atoms with Gasteiger partial charge in [-0.1, -0.05) is 0 Å². The molecule has 0 bridgehead atoms. The number of urea groups is 1. The number of hydrogen-bond acceptors (Lipinski definition) is 5. The zero-order valence-electron chi connectivity index (χ0n) is 11.3. The lowest BCUT2D eigenvalue weighted by Crippen LogP contribution is -2.46. The average Bonchev–Trinajstić information content (AvgIpc) is 3.07. The van der Waals surface area contributed by atoms with Gasteiger partial charge in [0.1, 0.15) is 6.04 Å². The first-order chi connectivity index (χ1) is 10.1. The van der Waals surface area contributed by atoms with Gasteiger partial charge in [0.05, 0.1) is 24.1 Å². The summed E-state index contributed by atoms with van der Waals surface area (Å²) in [5.74, 6) is -1.10. The maximum atomic E-state index is 11.8. The molecule has 0 aliphatic carbocycles. The molecule has 2 amide bonds. The molecule has 0 radical (unpaired) electrons. The summed E-state index contributed by atoms with van der Waals surface area (Å²) in [5.41, 5.74) is 3.19. The predicted octanol–water partition coefficient (Wildman–Crippen LogP) is 0.670. The van der Waals surface area contributed by atoms with E-state index >= 15 is 0 Å². The number of carboxylic acids is 1. The Hall–Kier alpha value is -2.42. The second kappa shape index (κ2) is 6.84. The fourth-order valence-corrected chi connectivity index (χ4v) is 2.40. The second-order valence-electron chi connectivity index (χ2n) is 4.36. The number of nitrogens with one attached hydrogen (secondary N) is 3. The highest BCUT2D eigenvalue weighted by molar-refractivity contribution is 7.09. The third-order valence-electron chi connectivity index (χ3n) is 2.84. The van der Waals surface area contributed by atoms with Crippen LogP contribution in [0.25, 0.3) is 0 Å². The molecular formula is C12H15N5O3S. The molecule has 8 nitrogen and oxygen atoms in total. The number of aryl methyl sites for hydroxylation is 1. The van der Waals surface area contributed by atoms with Crippen LogP contribution in [0.15, 0.2) is 18.0 Å². The van der Waals surface area contributed by atoms with E-state index < -0.39 is 18.0 Å². The molecule has 0 saturated heterocycles. The normalized spacial score (nSPS) is 11.9. The molecule has 0 aliphatic heterocycles. The molecule has 2 aromatic rings. The molecule has 9 heteroatoms. The minimum Gasteiger partial charge on any atom is -0.480 e. The zero-order chi connectivity index (χ0) is 15.2. The summed E-state index contributed by atoms with van der Waals surface area (Å²) >= 11 is 1.44. The predicted molar refractivity (Wildman–Crippen MR) is 75.9 cm³/mol. The number of amides is 2. The van der Waals surface area contributed by atoms with Gasteiger partial charge in [-0.25, -0.2) is 19.6 Å². The van der Waals surface area contributed by atoms with E-state index in [1.54, 1.807) is 5.51 Å². The fourth-order valence-electron chi connectivity index (χ4n) is 1.68. The quantitative estimate of drug-likeness (QED) is 0.625. The van der Waals surface area contributed by atoms with Gasteiger partial charge in [0, 0.05) is 23.2 Å². The lowest BCUT2D eigenvalue weighted by atomic mass is 10.2. The van der Waals surface area contributed by atoms with Gasteiger partial charge < -0.3 is 20.7 Å². The third-order valence-corrected chi connectivity index (χ3v) is 3.77. The minimum absolute atomic E-state index is 0.141. The van der Waals surface area contributed by atoms with Gasteiger partial charge in [0.25, 0.3) is 0 Å². The standard InChI is InChI=1S/C12H15N5O3S/c1-7-10(21-6-16-7)4-14-12(20)17-9(11(18)19)2-8-3-13-5-15-8/h3,5-6,9H,2,4H2,1H3,(H,13,15)(H,18,19)(H2,14,17,20). The lowest BCUT2D eigenvalue weighted by Gasteiger charge is -2.14. The van der Waals surface area contributed by atoms with Crippen LogP contribution < -0.4 is 10.6 Å². The largest absolute Gasteiger partial charge is 0.480 e. The summed E-state index contributed by atoms with van der Waals surface area (Å²) in [6.07, 6.45) is 3.12. The van der Waals surface area contributed by atoms with E-state index in [1.165, 1.54) is 23.9 Å². The van der Waals surface area contributed by atoms with E-state index in [-0.39, 0.29) is 6.42 Å². The van der Waals surface area contributed by atoms with Gasteiger partial charge in [0.2, 0.25) is 0 Å². The Labute approximate surface area is 124 Å². The Kier molecular flexibility index (Phi) is 4.88. The number of aromatic amines is 1. The first kappa shape index (κ1) is 15.0. The summed E-state index contributed by atoms with van der Waals surface area (Å²) in [5, 5.41) is 14.2. The minimum atomic E-state index is -1.10. The Morgan fingerprint density at radius 3 is 2.90 bits per heavy atom.